The van der Waals surface area contributed by atoms with E-state index in [1.54, 1.807) is 55.5 Å². The van der Waals surface area contributed by atoms with Gasteiger partial charge in [-0.3, -0.25) is 9.59 Å². The van der Waals surface area contributed by atoms with Crippen LogP contribution in [0.15, 0.2) is 78.4 Å². The van der Waals surface area contributed by atoms with Gasteiger partial charge in [-0.25, -0.2) is 4.79 Å². The predicted molar refractivity (Wildman–Crippen MR) is 113 cm³/mol. The molecule has 31 heavy (non-hydrogen) atoms. The third-order valence-corrected chi connectivity index (χ3v) is 6.15. The van der Waals surface area contributed by atoms with Crippen LogP contribution < -0.4 is 0 Å². The molecule has 1 heterocycles. The predicted octanol–water partition coefficient (Wildman–Crippen LogP) is 3.23. The Labute approximate surface area is 180 Å². The zero-order valence-corrected chi connectivity index (χ0v) is 17.5. The fraction of sp³-hybridized carbons (Fsp3) is 0.240. The number of esters is 2. The number of hydrogen-bond donors (Lipinski definition) is 0. The van der Waals surface area contributed by atoms with Crippen LogP contribution in [0.2, 0.25) is 0 Å². The minimum atomic E-state index is -1.96. The van der Waals surface area contributed by atoms with Crippen molar-refractivity contribution in [3.63, 3.8) is 0 Å². The van der Waals surface area contributed by atoms with Crippen LogP contribution in [-0.2, 0) is 34.2 Å². The highest BCUT2D eigenvalue weighted by molar-refractivity contribution is 6.35. The van der Waals surface area contributed by atoms with Crippen molar-refractivity contribution in [3.8, 4) is 0 Å². The van der Waals surface area contributed by atoms with Gasteiger partial charge in [-0.15, -0.1) is 0 Å². The van der Waals surface area contributed by atoms with E-state index in [-0.39, 0.29) is 16.7 Å². The lowest BCUT2D eigenvalue weighted by Gasteiger charge is -2.38. The van der Waals surface area contributed by atoms with Crippen molar-refractivity contribution < 1.29 is 28.6 Å². The van der Waals surface area contributed by atoms with Crippen LogP contribution >= 0.6 is 0 Å². The summed E-state index contributed by atoms with van der Waals surface area (Å²) in [6.45, 7) is 5.79. The summed E-state index contributed by atoms with van der Waals surface area (Å²) in [5.74, 6) is -2.41. The van der Waals surface area contributed by atoms with Gasteiger partial charge < -0.3 is 14.2 Å². The van der Waals surface area contributed by atoms with E-state index in [1.807, 2.05) is 12.1 Å². The van der Waals surface area contributed by atoms with E-state index in [2.05, 4.69) is 6.58 Å². The number of rotatable bonds is 4. The van der Waals surface area contributed by atoms with Crippen molar-refractivity contribution in [2.24, 2.45) is 5.41 Å². The number of hydrogen-bond acceptors (Lipinski definition) is 6. The van der Waals surface area contributed by atoms with Crippen LogP contribution in [0.25, 0.3) is 5.57 Å². The van der Waals surface area contributed by atoms with E-state index in [1.165, 1.54) is 14.2 Å². The Morgan fingerprint density at radius 3 is 2.10 bits per heavy atom. The maximum atomic E-state index is 14.0. The molecule has 0 N–H and O–H groups in total. The van der Waals surface area contributed by atoms with E-state index in [0.29, 0.717) is 11.1 Å². The molecule has 158 valence electrons. The third kappa shape index (κ3) is 2.45. The van der Waals surface area contributed by atoms with Crippen LogP contribution in [0.1, 0.15) is 18.1 Å². The molecule has 2 aromatic rings. The van der Waals surface area contributed by atoms with E-state index < -0.39 is 34.8 Å². The summed E-state index contributed by atoms with van der Waals surface area (Å²) in [6, 6.07) is 17.8. The molecular weight excluding hydrogens is 396 g/mol. The Balaban J connectivity index is 2.22. The lowest BCUT2D eigenvalue weighted by atomic mass is 9.64. The number of methoxy groups -OCH3 is 2. The number of benzene rings is 2. The topological polar surface area (TPSA) is 78.9 Å². The first kappa shape index (κ1) is 20.8. The zero-order chi connectivity index (χ0) is 22.4. The molecule has 0 radical (unpaired) electrons. The third-order valence-electron chi connectivity index (χ3n) is 6.15. The largest absolute Gasteiger partial charge is 0.468 e. The molecule has 1 aliphatic heterocycles. The first-order valence-corrected chi connectivity index (χ1v) is 9.82. The SMILES string of the molecule is C=C1C(C)O[C@]2(c3ccccc3)C(c3ccccc3)=C(C(=O)OC)C(=O)[C@]12C(=O)OC. The van der Waals surface area contributed by atoms with Crippen LogP contribution in [0.5, 0.6) is 0 Å². The molecule has 0 aromatic heterocycles. The maximum absolute atomic E-state index is 14.0. The van der Waals surface area contributed by atoms with Crippen molar-refractivity contribution in [1.29, 1.82) is 0 Å². The molecule has 4 rings (SSSR count). The fourth-order valence-corrected chi connectivity index (χ4v) is 4.86. The van der Waals surface area contributed by atoms with Gasteiger partial charge in [0.1, 0.15) is 11.2 Å². The van der Waals surface area contributed by atoms with Crippen LogP contribution in [0, 0.1) is 5.41 Å². The van der Waals surface area contributed by atoms with Crippen molar-refractivity contribution in [1.82, 2.24) is 0 Å². The van der Waals surface area contributed by atoms with Crippen LogP contribution in [0.3, 0.4) is 0 Å². The monoisotopic (exact) mass is 418 g/mol. The minimum absolute atomic E-state index is 0.237. The van der Waals surface area contributed by atoms with Gasteiger partial charge in [-0.2, -0.15) is 0 Å². The van der Waals surface area contributed by atoms with Gasteiger partial charge in [0, 0.05) is 5.57 Å². The Morgan fingerprint density at radius 1 is 0.968 bits per heavy atom. The van der Waals surface area contributed by atoms with Gasteiger partial charge in [0.05, 0.1) is 20.3 Å². The van der Waals surface area contributed by atoms with Gasteiger partial charge in [0.2, 0.25) is 0 Å². The summed E-state index contributed by atoms with van der Waals surface area (Å²) in [6.07, 6.45) is -0.652. The molecule has 0 bridgehead atoms. The van der Waals surface area contributed by atoms with Gasteiger partial charge in [0.15, 0.2) is 11.2 Å². The van der Waals surface area contributed by atoms with Gasteiger partial charge in [-0.05, 0) is 23.6 Å². The zero-order valence-electron chi connectivity index (χ0n) is 17.5. The maximum Gasteiger partial charge on any atom is 0.341 e. The van der Waals surface area contributed by atoms with Crippen molar-refractivity contribution in [2.75, 3.05) is 14.2 Å². The quantitative estimate of drug-likeness (QED) is 0.328. The van der Waals surface area contributed by atoms with Crippen LogP contribution in [-0.4, -0.2) is 38.0 Å². The van der Waals surface area contributed by atoms with E-state index in [4.69, 9.17) is 14.2 Å². The number of ether oxygens (including phenoxy) is 3. The van der Waals surface area contributed by atoms with Crippen molar-refractivity contribution in [3.05, 3.63) is 89.5 Å². The number of carbonyl (C=O) groups is 3. The Bertz CT molecular complexity index is 1120. The Hall–Kier alpha value is -3.51. The molecule has 1 unspecified atom stereocenters. The van der Waals surface area contributed by atoms with Gasteiger partial charge in [-0.1, -0.05) is 67.2 Å². The van der Waals surface area contributed by atoms with E-state index in [9.17, 15) is 14.4 Å². The molecule has 2 aromatic carbocycles. The van der Waals surface area contributed by atoms with E-state index >= 15 is 0 Å². The summed E-state index contributed by atoms with van der Waals surface area (Å²) >= 11 is 0. The summed E-state index contributed by atoms with van der Waals surface area (Å²) in [5.41, 5.74) is -2.23. The normalized spacial score (nSPS) is 27.3. The second-order valence-corrected chi connectivity index (χ2v) is 7.51. The molecule has 0 amide bonds. The number of Topliss-reactive ketones (excluding diaryl/α,β-unsaturated/α-hetero) is 1. The number of ketones is 1. The number of carbonyl (C=O) groups excluding carboxylic acids is 3. The molecule has 1 aliphatic carbocycles. The molecule has 6 nitrogen and oxygen atoms in total. The lowest BCUT2D eigenvalue weighted by Crippen LogP contribution is -2.51. The molecule has 6 heteroatoms. The highest BCUT2D eigenvalue weighted by Crippen LogP contribution is 2.67. The molecule has 0 saturated carbocycles. The summed E-state index contributed by atoms with van der Waals surface area (Å²) < 4.78 is 16.6. The van der Waals surface area contributed by atoms with Gasteiger partial charge in [0.25, 0.3) is 0 Å². The molecule has 1 fully saturated rings. The second-order valence-electron chi connectivity index (χ2n) is 7.51. The standard InChI is InChI=1S/C25H22O6/c1-15-16(2)31-25(18-13-9-6-10-14-18)20(17-11-7-5-8-12-17)19(22(27)29-3)21(26)24(15,25)23(28)30-4/h5-14,16H,1H2,2-4H3/t16?,24-,25+/m0/s1. The number of fused-ring (bicyclic) bond motifs is 1. The van der Waals surface area contributed by atoms with Crippen LogP contribution in [0.4, 0.5) is 0 Å². The summed E-state index contributed by atoms with van der Waals surface area (Å²) in [5, 5.41) is 0. The highest BCUT2D eigenvalue weighted by atomic mass is 16.5. The second kappa shape index (κ2) is 7.32. The molecule has 1 saturated heterocycles. The molecule has 2 aliphatic rings. The first-order valence-electron chi connectivity index (χ1n) is 9.82. The average Bonchev–Trinajstić information content (AvgIpc) is 3.19. The fourth-order valence-electron chi connectivity index (χ4n) is 4.86. The molecule has 3 atom stereocenters. The Morgan fingerprint density at radius 2 is 1.55 bits per heavy atom. The van der Waals surface area contributed by atoms with Crippen molar-refractivity contribution in [2.45, 2.75) is 18.6 Å². The first-order chi connectivity index (χ1) is 14.9. The summed E-state index contributed by atoms with van der Waals surface area (Å²) in [4.78, 5) is 40.4. The lowest BCUT2D eigenvalue weighted by molar-refractivity contribution is -0.162. The molecule has 0 spiro atoms. The summed E-state index contributed by atoms with van der Waals surface area (Å²) in [7, 11) is 2.40. The average molecular weight is 418 g/mol. The smallest absolute Gasteiger partial charge is 0.341 e. The molecular formula is C25H22O6. The van der Waals surface area contributed by atoms with Gasteiger partial charge >= 0.3 is 11.9 Å². The highest BCUT2D eigenvalue weighted by Gasteiger charge is 2.77. The van der Waals surface area contributed by atoms with Crippen molar-refractivity contribution >= 4 is 23.3 Å². The minimum Gasteiger partial charge on any atom is -0.468 e. The van der Waals surface area contributed by atoms with E-state index in [0.717, 1.165) is 0 Å². The Kier molecular flexibility index (Phi) is 4.90.